The van der Waals surface area contributed by atoms with E-state index in [1.54, 1.807) is 19.2 Å². The van der Waals surface area contributed by atoms with Crippen LogP contribution in [-0.2, 0) is 23.7 Å². The Balaban J connectivity index is 1.32. The van der Waals surface area contributed by atoms with Crippen molar-refractivity contribution in [1.82, 2.24) is 20.3 Å². The number of nitrogens with zero attached hydrogens (tertiary/aromatic N) is 3. The lowest BCUT2D eigenvalue weighted by Gasteiger charge is -2.25. The van der Waals surface area contributed by atoms with Crippen LogP contribution in [0.1, 0.15) is 51.4 Å². The molecule has 1 aliphatic carbocycles. The lowest BCUT2D eigenvalue weighted by atomic mass is 10.1. The molecule has 4 rings (SSSR count). The number of hydrogen-bond donors (Lipinski definition) is 4. The van der Waals surface area contributed by atoms with Crippen molar-refractivity contribution in [2.75, 3.05) is 96.2 Å². The van der Waals surface area contributed by atoms with Gasteiger partial charge in [0, 0.05) is 30.9 Å². The van der Waals surface area contributed by atoms with Gasteiger partial charge in [0.05, 0.1) is 72.6 Å². The molecule has 0 spiro atoms. The summed E-state index contributed by atoms with van der Waals surface area (Å²) < 4.78 is 47.0. The van der Waals surface area contributed by atoms with Crippen molar-refractivity contribution in [1.29, 1.82) is 0 Å². The highest BCUT2D eigenvalue weighted by molar-refractivity contribution is 5.57. The summed E-state index contributed by atoms with van der Waals surface area (Å²) >= 11 is 0. The Hall–Kier alpha value is -2.88. The van der Waals surface area contributed by atoms with Crippen molar-refractivity contribution in [3.05, 3.63) is 24.0 Å². The maximum Gasteiger partial charge on any atom is 0.233 e. The molecule has 1 aliphatic heterocycles. The average molecular weight is 650 g/mol. The molecule has 1 aromatic carbocycles. The van der Waals surface area contributed by atoms with E-state index in [2.05, 4.69) is 31.2 Å². The molecule has 4 N–H and O–H groups in total. The van der Waals surface area contributed by atoms with Gasteiger partial charge in [-0.25, -0.2) is 4.39 Å². The van der Waals surface area contributed by atoms with Crippen LogP contribution in [-0.4, -0.2) is 113 Å². The van der Waals surface area contributed by atoms with Crippen LogP contribution >= 0.6 is 0 Å². The summed E-state index contributed by atoms with van der Waals surface area (Å²) in [6, 6.07) is 5.06. The smallest absolute Gasteiger partial charge is 0.233 e. The van der Waals surface area contributed by atoms with Gasteiger partial charge in [-0.1, -0.05) is 25.7 Å². The van der Waals surface area contributed by atoms with Crippen LogP contribution in [0.3, 0.4) is 0 Å². The highest BCUT2D eigenvalue weighted by Gasteiger charge is 2.26. The van der Waals surface area contributed by atoms with Gasteiger partial charge in [-0.3, -0.25) is 0 Å². The van der Waals surface area contributed by atoms with Gasteiger partial charge >= 0.3 is 0 Å². The molecule has 0 amide bonds. The number of ether oxygens (including phenoxy) is 6. The molecule has 2 fully saturated rings. The number of hydrogen-bond acceptors (Lipinski definition) is 13. The van der Waals surface area contributed by atoms with E-state index in [9.17, 15) is 4.39 Å². The molecule has 2 atom stereocenters. The van der Waals surface area contributed by atoms with Gasteiger partial charge in [0.1, 0.15) is 0 Å². The number of benzene rings is 1. The van der Waals surface area contributed by atoms with Gasteiger partial charge in [-0.15, -0.1) is 0 Å². The van der Waals surface area contributed by atoms with E-state index in [4.69, 9.17) is 33.4 Å². The molecule has 0 bridgehead atoms. The maximum atomic E-state index is 14.4. The minimum atomic E-state index is -0.471. The quantitative estimate of drug-likeness (QED) is 0.107. The molecule has 46 heavy (non-hydrogen) atoms. The van der Waals surface area contributed by atoms with Crippen molar-refractivity contribution >= 4 is 23.5 Å². The summed E-state index contributed by atoms with van der Waals surface area (Å²) in [7, 11) is 3.09. The third-order valence-corrected chi connectivity index (χ3v) is 7.98. The Bertz CT molecular complexity index is 1120. The number of halogens is 1. The minimum Gasteiger partial charge on any atom is -0.494 e. The highest BCUT2D eigenvalue weighted by Crippen LogP contribution is 2.25. The highest BCUT2D eigenvalue weighted by atomic mass is 19.1. The van der Waals surface area contributed by atoms with Crippen molar-refractivity contribution in [3.8, 4) is 5.75 Å². The molecule has 0 radical (unpaired) electrons. The van der Waals surface area contributed by atoms with Crippen LogP contribution in [0.5, 0.6) is 5.75 Å². The lowest BCUT2D eigenvalue weighted by Crippen LogP contribution is -2.44. The molecule has 14 heteroatoms. The van der Waals surface area contributed by atoms with Crippen LogP contribution in [0.25, 0.3) is 0 Å². The molecule has 1 saturated carbocycles. The van der Waals surface area contributed by atoms with Gasteiger partial charge in [0.25, 0.3) is 0 Å². The van der Waals surface area contributed by atoms with Crippen LogP contribution in [0, 0.1) is 5.82 Å². The standard InChI is InChI=1S/C32H52FN7O6/c1-41-14-15-43-16-17-44-18-19-45-20-21-46-23-28(27-10-7-13-34-27)37-32-39-30(35-24-8-5-3-4-6-9-24)38-31(40-32)36-25-11-12-29(42-2)26(33)22-25/h11-12,22,24,27-28,34H,3-10,13-21,23H2,1-2H3,(H3,35,36,37,38,39,40). The first-order chi connectivity index (χ1) is 22.6. The second-order valence-corrected chi connectivity index (χ2v) is 11.5. The Kier molecular flexibility index (Phi) is 16.5. The van der Waals surface area contributed by atoms with Crippen molar-refractivity contribution in [2.24, 2.45) is 0 Å². The summed E-state index contributed by atoms with van der Waals surface area (Å²) in [5.41, 5.74) is 0.508. The zero-order chi connectivity index (χ0) is 32.2. The van der Waals surface area contributed by atoms with Crippen LogP contribution in [0.15, 0.2) is 18.2 Å². The molecule has 2 aromatic rings. The fourth-order valence-electron chi connectivity index (χ4n) is 5.53. The third kappa shape index (κ3) is 13.1. The van der Waals surface area contributed by atoms with Crippen molar-refractivity contribution < 1.29 is 32.8 Å². The fraction of sp³-hybridized carbons (Fsp3) is 0.719. The Morgan fingerprint density at radius 2 is 1.43 bits per heavy atom. The summed E-state index contributed by atoms with van der Waals surface area (Å²) in [5.74, 6) is 0.918. The molecular formula is C32H52FN7O6. The topological polar surface area (TPSA) is 142 Å². The van der Waals surface area contributed by atoms with E-state index in [0.29, 0.717) is 89.0 Å². The fourth-order valence-corrected chi connectivity index (χ4v) is 5.53. The van der Waals surface area contributed by atoms with Gasteiger partial charge in [0.15, 0.2) is 11.6 Å². The zero-order valence-corrected chi connectivity index (χ0v) is 27.4. The predicted molar refractivity (Wildman–Crippen MR) is 175 cm³/mol. The van der Waals surface area contributed by atoms with Gasteiger partial charge in [-0.05, 0) is 44.4 Å². The number of rotatable bonds is 22. The van der Waals surface area contributed by atoms with Crippen molar-refractivity contribution in [3.63, 3.8) is 0 Å². The molecule has 2 heterocycles. The number of aromatic nitrogens is 3. The van der Waals surface area contributed by atoms with Crippen LogP contribution in [0.2, 0.25) is 0 Å². The second-order valence-electron chi connectivity index (χ2n) is 11.5. The summed E-state index contributed by atoms with van der Waals surface area (Å²) in [6.45, 7) is 5.50. The molecule has 258 valence electrons. The van der Waals surface area contributed by atoms with E-state index < -0.39 is 5.82 Å². The van der Waals surface area contributed by atoms with Crippen LogP contribution < -0.4 is 26.0 Å². The second kappa shape index (κ2) is 21.1. The van der Waals surface area contributed by atoms with Gasteiger partial charge in [-0.2, -0.15) is 15.0 Å². The monoisotopic (exact) mass is 649 g/mol. The Morgan fingerprint density at radius 3 is 2.07 bits per heavy atom. The zero-order valence-electron chi connectivity index (χ0n) is 27.4. The van der Waals surface area contributed by atoms with Gasteiger partial charge < -0.3 is 49.7 Å². The molecule has 1 saturated heterocycles. The minimum absolute atomic E-state index is 0.0802. The van der Waals surface area contributed by atoms with E-state index in [-0.39, 0.29) is 17.8 Å². The third-order valence-electron chi connectivity index (χ3n) is 7.98. The summed E-state index contributed by atoms with van der Waals surface area (Å²) in [4.78, 5) is 14.1. The largest absolute Gasteiger partial charge is 0.494 e. The van der Waals surface area contributed by atoms with E-state index >= 15 is 0 Å². The molecule has 2 aliphatic rings. The first kappa shape index (κ1) is 36.0. The number of nitrogens with one attached hydrogen (secondary N) is 4. The Labute approximate surface area is 272 Å². The van der Waals surface area contributed by atoms with Crippen molar-refractivity contribution in [2.45, 2.75) is 69.5 Å². The predicted octanol–water partition coefficient (Wildman–Crippen LogP) is 4.14. The normalized spacial score (nSPS) is 17.8. The Morgan fingerprint density at radius 1 is 0.783 bits per heavy atom. The lowest BCUT2D eigenvalue weighted by molar-refractivity contribution is -0.00887. The summed E-state index contributed by atoms with van der Waals surface area (Å²) in [5, 5.41) is 13.8. The molecule has 2 unspecified atom stereocenters. The number of methoxy groups -OCH3 is 2. The van der Waals surface area contributed by atoms with Crippen LogP contribution in [0.4, 0.5) is 27.9 Å². The van der Waals surface area contributed by atoms with E-state index in [1.165, 1.54) is 38.9 Å². The first-order valence-electron chi connectivity index (χ1n) is 16.6. The van der Waals surface area contributed by atoms with Gasteiger partial charge in [0.2, 0.25) is 17.8 Å². The number of anilines is 4. The first-order valence-corrected chi connectivity index (χ1v) is 16.6. The van der Waals surface area contributed by atoms with E-state index in [0.717, 1.165) is 32.2 Å². The molecule has 1 aromatic heterocycles. The summed E-state index contributed by atoms with van der Waals surface area (Å²) in [6.07, 6.45) is 9.09. The molecular weight excluding hydrogens is 597 g/mol. The SMILES string of the molecule is COCCOCCOCCOCCOCC(Nc1nc(Nc2ccc(OC)c(F)c2)nc(NC2CCCCCC2)n1)C1CCCN1. The maximum absolute atomic E-state index is 14.4. The molecule has 13 nitrogen and oxygen atoms in total. The average Bonchev–Trinajstić information content (AvgIpc) is 3.47. The van der Waals surface area contributed by atoms with E-state index in [1.807, 2.05) is 0 Å².